The van der Waals surface area contributed by atoms with Gasteiger partial charge in [0.2, 0.25) is 0 Å². The fraction of sp³-hybridized carbons (Fsp3) is 0.412. The first-order chi connectivity index (χ1) is 9.33. The second-order valence-corrected chi connectivity index (χ2v) is 5.19. The SMILES string of the molecule is C=C/C(=C\C)C1COc2c(ccc3c2CCCO3)C1. The molecule has 1 unspecified atom stereocenters. The minimum Gasteiger partial charge on any atom is -0.493 e. The zero-order valence-corrected chi connectivity index (χ0v) is 11.4. The van der Waals surface area contributed by atoms with Crippen molar-refractivity contribution in [2.45, 2.75) is 26.2 Å². The van der Waals surface area contributed by atoms with Crippen molar-refractivity contribution in [3.63, 3.8) is 0 Å². The summed E-state index contributed by atoms with van der Waals surface area (Å²) in [4.78, 5) is 0. The van der Waals surface area contributed by atoms with Crippen LogP contribution in [0.5, 0.6) is 11.5 Å². The minimum absolute atomic E-state index is 0.428. The second kappa shape index (κ2) is 5.12. The number of hydrogen-bond acceptors (Lipinski definition) is 2. The molecule has 1 aromatic rings. The van der Waals surface area contributed by atoms with Crippen LogP contribution in [-0.4, -0.2) is 13.2 Å². The zero-order chi connectivity index (χ0) is 13.2. The third kappa shape index (κ3) is 2.16. The molecule has 0 N–H and O–H groups in total. The number of hydrogen-bond donors (Lipinski definition) is 0. The summed E-state index contributed by atoms with van der Waals surface area (Å²) >= 11 is 0. The molecule has 1 aromatic carbocycles. The van der Waals surface area contributed by atoms with Crippen LogP contribution in [0, 0.1) is 5.92 Å². The maximum absolute atomic E-state index is 6.05. The van der Waals surface area contributed by atoms with Gasteiger partial charge in [-0.25, -0.2) is 0 Å². The molecule has 2 aliphatic rings. The summed E-state index contributed by atoms with van der Waals surface area (Å²) in [5.41, 5.74) is 3.85. The fourth-order valence-corrected chi connectivity index (χ4v) is 3.04. The van der Waals surface area contributed by atoms with E-state index in [1.807, 2.05) is 6.08 Å². The van der Waals surface area contributed by atoms with Gasteiger partial charge in [-0.2, -0.15) is 0 Å². The molecular weight excluding hydrogens is 236 g/mol. The van der Waals surface area contributed by atoms with Gasteiger partial charge in [-0.05, 0) is 43.4 Å². The van der Waals surface area contributed by atoms with Crippen molar-refractivity contribution < 1.29 is 9.47 Å². The molecule has 2 aliphatic heterocycles. The van der Waals surface area contributed by atoms with Gasteiger partial charge in [0, 0.05) is 11.5 Å². The lowest BCUT2D eigenvalue weighted by Gasteiger charge is -2.30. The molecule has 0 spiro atoms. The molecule has 0 bridgehead atoms. The lowest BCUT2D eigenvalue weighted by atomic mass is 9.88. The average molecular weight is 256 g/mol. The summed E-state index contributed by atoms with van der Waals surface area (Å²) in [5, 5.41) is 0. The molecule has 3 rings (SSSR count). The van der Waals surface area contributed by atoms with Crippen molar-refractivity contribution in [3.8, 4) is 11.5 Å². The van der Waals surface area contributed by atoms with Crippen LogP contribution < -0.4 is 9.47 Å². The average Bonchev–Trinajstić information content (AvgIpc) is 2.48. The normalized spacial score (nSPS) is 21.7. The van der Waals surface area contributed by atoms with E-state index in [1.54, 1.807) is 0 Å². The molecule has 2 heteroatoms. The Bertz CT molecular complexity index is 528. The predicted molar refractivity (Wildman–Crippen MR) is 76.9 cm³/mol. The Hall–Kier alpha value is -1.70. The van der Waals surface area contributed by atoms with Crippen LogP contribution in [-0.2, 0) is 12.8 Å². The molecule has 0 aromatic heterocycles. The molecule has 1 atom stereocenters. The van der Waals surface area contributed by atoms with E-state index in [0.717, 1.165) is 44.0 Å². The number of fused-ring (bicyclic) bond motifs is 3. The van der Waals surface area contributed by atoms with Gasteiger partial charge in [-0.1, -0.05) is 24.8 Å². The first-order valence-corrected chi connectivity index (χ1v) is 7.02. The molecule has 100 valence electrons. The number of benzene rings is 1. The molecule has 0 radical (unpaired) electrons. The topological polar surface area (TPSA) is 18.5 Å². The first kappa shape index (κ1) is 12.3. The van der Waals surface area contributed by atoms with Gasteiger partial charge in [-0.15, -0.1) is 0 Å². The van der Waals surface area contributed by atoms with E-state index in [-0.39, 0.29) is 0 Å². The molecule has 0 saturated heterocycles. The Labute approximate surface area is 114 Å². The predicted octanol–water partition coefficient (Wildman–Crippen LogP) is 3.70. The molecule has 0 amide bonds. The molecule has 19 heavy (non-hydrogen) atoms. The minimum atomic E-state index is 0.428. The standard InChI is InChI=1S/C17H20O2/c1-3-12(4-2)14-10-13-7-8-16-15(6-5-9-18-16)17(13)19-11-14/h3-4,7-8,14H,1,5-6,9-11H2,2H3/b12-4+. The van der Waals surface area contributed by atoms with E-state index in [9.17, 15) is 0 Å². The van der Waals surface area contributed by atoms with Crippen molar-refractivity contribution in [1.82, 2.24) is 0 Å². The van der Waals surface area contributed by atoms with Crippen molar-refractivity contribution in [3.05, 3.63) is 47.6 Å². The van der Waals surface area contributed by atoms with E-state index in [1.165, 1.54) is 16.7 Å². The Morgan fingerprint density at radius 2 is 2.26 bits per heavy atom. The van der Waals surface area contributed by atoms with Crippen molar-refractivity contribution >= 4 is 0 Å². The van der Waals surface area contributed by atoms with E-state index in [0.29, 0.717) is 5.92 Å². The van der Waals surface area contributed by atoms with Gasteiger partial charge >= 0.3 is 0 Å². The molecule has 2 nitrogen and oxygen atoms in total. The summed E-state index contributed by atoms with van der Waals surface area (Å²) in [6.07, 6.45) is 7.27. The van der Waals surface area contributed by atoms with Crippen molar-refractivity contribution in [2.75, 3.05) is 13.2 Å². The van der Waals surface area contributed by atoms with Gasteiger partial charge in [0.15, 0.2) is 0 Å². The van der Waals surface area contributed by atoms with Gasteiger partial charge < -0.3 is 9.47 Å². The van der Waals surface area contributed by atoms with Crippen LogP contribution in [0.4, 0.5) is 0 Å². The van der Waals surface area contributed by atoms with Crippen LogP contribution >= 0.6 is 0 Å². The third-order valence-corrected chi connectivity index (χ3v) is 4.06. The Morgan fingerprint density at radius 1 is 1.37 bits per heavy atom. The highest BCUT2D eigenvalue weighted by atomic mass is 16.5. The number of rotatable bonds is 2. The van der Waals surface area contributed by atoms with Crippen LogP contribution in [0.2, 0.25) is 0 Å². The largest absolute Gasteiger partial charge is 0.493 e. The first-order valence-electron chi connectivity index (χ1n) is 7.02. The van der Waals surface area contributed by atoms with Crippen molar-refractivity contribution in [1.29, 1.82) is 0 Å². The van der Waals surface area contributed by atoms with Crippen molar-refractivity contribution in [2.24, 2.45) is 5.92 Å². The van der Waals surface area contributed by atoms with Crippen LogP contribution in [0.3, 0.4) is 0 Å². The summed E-state index contributed by atoms with van der Waals surface area (Å²) < 4.78 is 11.7. The van der Waals surface area contributed by atoms with Gasteiger partial charge in [0.05, 0.1) is 13.2 Å². The lowest BCUT2D eigenvalue weighted by Crippen LogP contribution is -2.24. The molecule has 0 saturated carbocycles. The quantitative estimate of drug-likeness (QED) is 0.751. The smallest absolute Gasteiger partial charge is 0.129 e. The molecule has 0 aliphatic carbocycles. The van der Waals surface area contributed by atoms with Crippen LogP contribution in [0.1, 0.15) is 24.5 Å². The lowest BCUT2D eigenvalue weighted by molar-refractivity contribution is 0.231. The summed E-state index contributed by atoms with van der Waals surface area (Å²) in [7, 11) is 0. The Balaban J connectivity index is 1.92. The van der Waals surface area contributed by atoms with Crippen LogP contribution in [0.25, 0.3) is 0 Å². The van der Waals surface area contributed by atoms with E-state index >= 15 is 0 Å². The summed E-state index contributed by atoms with van der Waals surface area (Å²) in [5.74, 6) is 2.52. The maximum atomic E-state index is 6.05. The molecular formula is C17H20O2. The monoisotopic (exact) mass is 256 g/mol. The second-order valence-electron chi connectivity index (χ2n) is 5.19. The highest BCUT2D eigenvalue weighted by molar-refractivity contribution is 5.52. The number of allylic oxidation sites excluding steroid dienone is 2. The fourth-order valence-electron chi connectivity index (χ4n) is 3.04. The van der Waals surface area contributed by atoms with Gasteiger partial charge in [0.1, 0.15) is 11.5 Å². The zero-order valence-electron chi connectivity index (χ0n) is 11.4. The Morgan fingerprint density at radius 3 is 3.05 bits per heavy atom. The highest BCUT2D eigenvalue weighted by Gasteiger charge is 2.26. The van der Waals surface area contributed by atoms with E-state index < -0.39 is 0 Å². The van der Waals surface area contributed by atoms with E-state index in [4.69, 9.17) is 9.47 Å². The molecule has 2 heterocycles. The van der Waals surface area contributed by atoms with Gasteiger partial charge in [0.25, 0.3) is 0 Å². The number of ether oxygens (including phenoxy) is 2. The maximum Gasteiger partial charge on any atom is 0.129 e. The Kier molecular flexibility index (Phi) is 3.33. The summed E-state index contributed by atoms with van der Waals surface area (Å²) in [6, 6.07) is 4.25. The molecule has 0 fully saturated rings. The summed E-state index contributed by atoms with van der Waals surface area (Å²) in [6.45, 7) is 7.52. The van der Waals surface area contributed by atoms with E-state index in [2.05, 4.69) is 31.7 Å². The third-order valence-electron chi connectivity index (χ3n) is 4.06. The highest BCUT2D eigenvalue weighted by Crippen LogP contribution is 2.40. The van der Waals surface area contributed by atoms with Gasteiger partial charge in [-0.3, -0.25) is 0 Å². The van der Waals surface area contributed by atoms with Crippen LogP contribution in [0.15, 0.2) is 36.4 Å².